The van der Waals surface area contributed by atoms with Crippen molar-refractivity contribution in [2.75, 3.05) is 0 Å². The van der Waals surface area contributed by atoms with Crippen molar-refractivity contribution in [3.8, 4) is 0 Å². The van der Waals surface area contributed by atoms with Gasteiger partial charge < -0.3 is 5.73 Å². The van der Waals surface area contributed by atoms with Crippen molar-refractivity contribution in [1.29, 1.82) is 0 Å². The van der Waals surface area contributed by atoms with E-state index >= 15 is 0 Å². The summed E-state index contributed by atoms with van der Waals surface area (Å²) in [5.41, 5.74) is 5.76. The summed E-state index contributed by atoms with van der Waals surface area (Å²) in [5, 5.41) is 1.99. The second-order valence-electron chi connectivity index (χ2n) is 2.39. The fourth-order valence-electron chi connectivity index (χ4n) is 0.745. The number of rotatable bonds is 1. The zero-order valence-electron chi connectivity index (χ0n) is 6.76. The molecule has 1 aromatic rings. The highest BCUT2D eigenvalue weighted by molar-refractivity contribution is 9.11. The van der Waals surface area contributed by atoms with Crippen LogP contribution >= 0.6 is 27.3 Å². The largest absolute Gasteiger partial charge is 0.351 e. The summed E-state index contributed by atoms with van der Waals surface area (Å²) in [6.45, 7) is 1.86. The van der Waals surface area contributed by atoms with E-state index in [-0.39, 0.29) is 0 Å². The molecule has 0 aliphatic heterocycles. The van der Waals surface area contributed by atoms with E-state index < -0.39 is 11.9 Å². The Hall–Kier alpha value is -0.880. The average Bonchev–Trinajstić information content (AvgIpc) is 2.31. The van der Waals surface area contributed by atoms with Crippen molar-refractivity contribution in [1.82, 2.24) is 5.32 Å². The number of amides is 3. The molecule has 0 radical (unpaired) electrons. The number of nitrogens with one attached hydrogen (secondary N) is 1. The minimum atomic E-state index is -0.841. The van der Waals surface area contributed by atoms with Crippen molar-refractivity contribution in [2.45, 2.75) is 6.92 Å². The maximum atomic E-state index is 11.2. The normalized spacial score (nSPS) is 9.69. The van der Waals surface area contributed by atoms with Crippen molar-refractivity contribution in [3.05, 3.63) is 20.3 Å². The molecule has 0 bridgehead atoms. The van der Waals surface area contributed by atoms with Gasteiger partial charge in [0.25, 0.3) is 5.91 Å². The van der Waals surface area contributed by atoms with Crippen LogP contribution in [0.5, 0.6) is 0 Å². The number of aryl methyl sites for hydroxylation is 1. The first kappa shape index (κ1) is 10.2. The summed E-state index contributed by atoms with van der Waals surface area (Å²) >= 11 is 4.53. The first-order chi connectivity index (χ1) is 6.00. The van der Waals surface area contributed by atoms with Crippen molar-refractivity contribution in [3.63, 3.8) is 0 Å². The third-order valence-corrected chi connectivity index (χ3v) is 3.45. The molecule has 13 heavy (non-hydrogen) atoms. The zero-order chi connectivity index (χ0) is 10.0. The number of primary amides is 1. The molecule has 0 saturated heterocycles. The molecule has 0 fully saturated rings. The molecule has 70 valence electrons. The van der Waals surface area contributed by atoms with E-state index in [2.05, 4.69) is 15.9 Å². The molecule has 1 aromatic heterocycles. The Morgan fingerprint density at radius 3 is 2.62 bits per heavy atom. The Morgan fingerprint density at radius 1 is 1.62 bits per heavy atom. The maximum absolute atomic E-state index is 11.2. The second-order valence-corrected chi connectivity index (χ2v) is 4.76. The minimum absolute atomic E-state index is 0.461. The average molecular weight is 263 g/mol. The van der Waals surface area contributed by atoms with E-state index in [1.54, 1.807) is 6.07 Å². The molecule has 3 amide bonds. The highest BCUT2D eigenvalue weighted by Crippen LogP contribution is 2.26. The molecule has 0 aliphatic rings. The summed E-state index contributed by atoms with van der Waals surface area (Å²) in [7, 11) is 0. The third-order valence-electron chi connectivity index (χ3n) is 1.32. The van der Waals surface area contributed by atoms with Crippen LogP contribution in [0, 0.1) is 6.92 Å². The Balaban J connectivity index is 2.83. The molecule has 0 unspecified atom stereocenters. The van der Waals surface area contributed by atoms with Crippen LogP contribution in [0.1, 0.15) is 15.2 Å². The molecule has 6 heteroatoms. The van der Waals surface area contributed by atoms with Gasteiger partial charge in [0, 0.05) is 0 Å². The topological polar surface area (TPSA) is 72.2 Å². The number of halogens is 1. The maximum Gasteiger partial charge on any atom is 0.319 e. The number of carbonyl (C=O) groups is 2. The first-order valence-electron chi connectivity index (χ1n) is 3.37. The van der Waals surface area contributed by atoms with E-state index in [0.717, 1.165) is 9.35 Å². The minimum Gasteiger partial charge on any atom is -0.351 e. The smallest absolute Gasteiger partial charge is 0.319 e. The molecule has 0 aliphatic carbocycles. The lowest BCUT2D eigenvalue weighted by atomic mass is 10.3. The lowest BCUT2D eigenvalue weighted by Gasteiger charge is -1.94. The number of carbonyl (C=O) groups excluding carboxylic acids is 2. The van der Waals surface area contributed by atoms with Crippen LogP contribution in [0.4, 0.5) is 4.79 Å². The lowest BCUT2D eigenvalue weighted by molar-refractivity contribution is 0.0970. The molecular weight excluding hydrogens is 256 g/mol. The molecule has 3 N–H and O–H groups in total. The highest BCUT2D eigenvalue weighted by atomic mass is 79.9. The fraction of sp³-hybridized carbons (Fsp3) is 0.143. The SMILES string of the molecule is Cc1cc(C(=O)NC(N)=O)sc1Br. The van der Waals surface area contributed by atoms with Crippen LogP contribution in [0.3, 0.4) is 0 Å². The number of hydrogen-bond acceptors (Lipinski definition) is 3. The van der Waals surface area contributed by atoms with Gasteiger partial charge in [-0.15, -0.1) is 11.3 Å². The summed E-state index contributed by atoms with van der Waals surface area (Å²) in [6, 6.07) is 0.847. The van der Waals surface area contributed by atoms with E-state index in [1.165, 1.54) is 11.3 Å². The Morgan fingerprint density at radius 2 is 2.23 bits per heavy atom. The molecule has 0 saturated carbocycles. The van der Waals surface area contributed by atoms with Crippen LogP contribution in [0.25, 0.3) is 0 Å². The number of imide groups is 1. The van der Waals surface area contributed by atoms with Gasteiger partial charge in [-0.25, -0.2) is 4.79 Å². The molecule has 0 atom stereocenters. The number of urea groups is 1. The van der Waals surface area contributed by atoms with Crippen molar-refractivity contribution in [2.24, 2.45) is 5.73 Å². The quantitative estimate of drug-likeness (QED) is 0.808. The van der Waals surface area contributed by atoms with Gasteiger partial charge in [0.2, 0.25) is 0 Å². The number of thiophene rings is 1. The van der Waals surface area contributed by atoms with Crippen LogP contribution in [-0.2, 0) is 0 Å². The van der Waals surface area contributed by atoms with Gasteiger partial charge in [-0.2, -0.15) is 0 Å². The Bertz CT molecular complexity index is 342. The standard InChI is InChI=1S/C7H7BrN2O2S/c1-3-2-4(13-5(3)8)6(11)10-7(9)12/h2H,1H3,(H3,9,10,11,12). The molecule has 4 nitrogen and oxygen atoms in total. The molecule has 0 aromatic carbocycles. The van der Waals surface area contributed by atoms with Gasteiger partial charge in [-0.3, -0.25) is 10.1 Å². The summed E-state index contributed by atoms with van der Waals surface area (Å²) in [4.78, 5) is 22.0. The van der Waals surface area contributed by atoms with Gasteiger partial charge in [0.15, 0.2) is 0 Å². The van der Waals surface area contributed by atoms with Crippen LogP contribution < -0.4 is 11.1 Å². The number of nitrogens with two attached hydrogens (primary N) is 1. The van der Waals surface area contributed by atoms with Crippen LogP contribution in [0.2, 0.25) is 0 Å². The second kappa shape index (κ2) is 3.89. The Kier molecular flexibility index (Phi) is 3.05. The van der Waals surface area contributed by atoms with Crippen LogP contribution in [-0.4, -0.2) is 11.9 Å². The van der Waals surface area contributed by atoms with E-state index in [0.29, 0.717) is 4.88 Å². The third kappa shape index (κ3) is 2.53. The molecule has 1 heterocycles. The molecule has 1 rings (SSSR count). The van der Waals surface area contributed by atoms with E-state index in [4.69, 9.17) is 5.73 Å². The predicted molar refractivity (Wildman–Crippen MR) is 53.8 cm³/mol. The number of hydrogen-bond donors (Lipinski definition) is 2. The Labute approximate surface area is 87.2 Å². The highest BCUT2D eigenvalue weighted by Gasteiger charge is 2.11. The van der Waals surface area contributed by atoms with E-state index in [9.17, 15) is 9.59 Å². The van der Waals surface area contributed by atoms with Gasteiger partial charge in [0.1, 0.15) is 0 Å². The van der Waals surface area contributed by atoms with Gasteiger partial charge in [0.05, 0.1) is 8.66 Å². The van der Waals surface area contributed by atoms with E-state index in [1.807, 2.05) is 12.2 Å². The van der Waals surface area contributed by atoms with Crippen molar-refractivity contribution >= 4 is 39.2 Å². The zero-order valence-corrected chi connectivity index (χ0v) is 9.16. The summed E-state index contributed by atoms with van der Waals surface area (Å²) < 4.78 is 0.877. The van der Waals surface area contributed by atoms with Crippen molar-refractivity contribution < 1.29 is 9.59 Å². The van der Waals surface area contributed by atoms with Gasteiger partial charge in [-0.1, -0.05) is 0 Å². The van der Waals surface area contributed by atoms with Gasteiger partial charge >= 0.3 is 6.03 Å². The molecular formula is C7H7BrN2O2S. The predicted octanol–water partition coefficient (Wildman–Crippen LogP) is 1.63. The summed E-state index contributed by atoms with van der Waals surface area (Å²) in [6.07, 6.45) is 0. The van der Waals surface area contributed by atoms with Gasteiger partial charge in [-0.05, 0) is 34.5 Å². The first-order valence-corrected chi connectivity index (χ1v) is 4.98. The summed E-state index contributed by atoms with van der Waals surface area (Å²) in [5.74, 6) is -0.466. The fourth-order valence-corrected chi connectivity index (χ4v) is 2.18. The lowest BCUT2D eigenvalue weighted by Crippen LogP contribution is -2.34. The monoisotopic (exact) mass is 262 g/mol. The van der Waals surface area contributed by atoms with Crippen LogP contribution in [0.15, 0.2) is 9.85 Å². The molecule has 0 spiro atoms.